The third-order valence-electron chi connectivity index (χ3n) is 6.18. The second-order valence-corrected chi connectivity index (χ2v) is 11.0. The van der Waals surface area contributed by atoms with Gasteiger partial charge in [0, 0.05) is 25.1 Å². The maximum atomic E-state index is 14.8. The summed E-state index contributed by atoms with van der Waals surface area (Å²) in [6, 6.07) is 7.41. The standard InChI is InChI=1S/C22H25FN4O4S/c1-21(13-32(29,30)22(20(24)26-21)11-27(2)12-22)16-8-14(4-6-17(16)23)9-19(28)18-7-5-15(31-3)10-25-18/h4-8,10H,9,11-13H2,1-3H3,(H2,24,26)/t21-/m0/s1. The number of pyridine rings is 1. The number of hydrogen-bond acceptors (Lipinski definition) is 8. The predicted octanol–water partition coefficient (Wildman–Crippen LogP) is 1.34. The fourth-order valence-corrected chi connectivity index (χ4v) is 6.86. The van der Waals surface area contributed by atoms with Crippen LogP contribution >= 0.6 is 0 Å². The first-order valence-corrected chi connectivity index (χ1v) is 11.7. The molecule has 3 heterocycles. The average Bonchev–Trinajstić information content (AvgIpc) is 2.71. The van der Waals surface area contributed by atoms with Crippen LogP contribution in [0.5, 0.6) is 5.75 Å². The molecule has 1 atom stereocenters. The zero-order chi connectivity index (χ0) is 23.3. The Labute approximate surface area is 186 Å². The van der Waals surface area contributed by atoms with E-state index in [2.05, 4.69) is 9.98 Å². The number of carbonyl (C=O) groups is 1. The summed E-state index contributed by atoms with van der Waals surface area (Å²) in [7, 11) is -0.369. The predicted molar refractivity (Wildman–Crippen MR) is 118 cm³/mol. The van der Waals surface area contributed by atoms with Gasteiger partial charge in [-0.1, -0.05) is 6.07 Å². The van der Waals surface area contributed by atoms with Crippen molar-refractivity contribution in [1.29, 1.82) is 0 Å². The molecule has 0 saturated carbocycles. The van der Waals surface area contributed by atoms with Crippen molar-refractivity contribution in [2.45, 2.75) is 23.6 Å². The molecule has 2 aliphatic heterocycles. The van der Waals surface area contributed by atoms with Crippen LogP contribution in [0.1, 0.15) is 28.5 Å². The molecule has 0 bridgehead atoms. The summed E-state index contributed by atoms with van der Waals surface area (Å²) in [6.07, 6.45) is 1.42. The number of likely N-dealkylation sites (tertiary alicyclic amines) is 1. The lowest BCUT2D eigenvalue weighted by Crippen LogP contribution is -2.73. The van der Waals surface area contributed by atoms with Crippen LogP contribution in [0, 0.1) is 5.82 Å². The lowest BCUT2D eigenvalue weighted by atomic mass is 9.89. The van der Waals surface area contributed by atoms with E-state index < -0.39 is 25.9 Å². The second kappa shape index (κ2) is 7.63. The van der Waals surface area contributed by atoms with Crippen LogP contribution in [0.2, 0.25) is 0 Å². The van der Waals surface area contributed by atoms with Gasteiger partial charge < -0.3 is 15.4 Å². The van der Waals surface area contributed by atoms with Gasteiger partial charge in [-0.15, -0.1) is 0 Å². The summed E-state index contributed by atoms with van der Waals surface area (Å²) in [5.41, 5.74) is 5.63. The Morgan fingerprint density at radius 2 is 2.00 bits per heavy atom. The number of benzene rings is 1. The molecule has 1 saturated heterocycles. The summed E-state index contributed by atoms with van der Waals surface area (Å²) in [5.74, 6) is -0.676. The highest BCUT2D eigenvalue weighted by Gasteiger charge is 2.60. The molecule has 1 aromatic heterocycles. The van der Waals surface area contributed by atoms with E-state index in [1.165, 1.54) is 31.5 Å². The number of aliphatic imine (C=N–C) groups is 1. The number of carbonyl (C=O) groups excluding carboxylic acids is 1. The smallest absolute Gasteiger partial charge is 0.185 e. The molecule has 2 N–H and O–H groups in total. The third kappa shape index (κ3) is 3.57. The molecule has 4 rings (SSSR count). The molecular formula is C22H25FN4O4S. The Morgan fingerprint density at radius 3 is 2.56 bits per heavy atom. The van der Waals surface area contributed by atoms with Crippen LogP contribution < -0.4 is 10.5 Å². The first kappa shape index (κ1) is 22.3. The molecule has 0 aliphatic carbocycles. The number of amidine groups is 1. The van der Waals surface area contributed by atoms with Gasteiger partial charge in [0.25, 0.3) is 0 Å². The number of nitrogens with zero attached hydrogens (tertiary/aromatic N) is 3. The number of aromatic nitrogens is 1. The van der Waals surface area contributed by atoms with Crippen molar-refractivity contribution in [1.82, 2.24) is 9.88 Å². The van der Waals surface area contributed by atoms with Crippen molar-refractivity contribution in [2.24, 2.45) is 10.7 Å². The molecule has 1 fully saturated rings. The van der Waals surface area contributed by atoms with Crippen LogP contribution in [0.4, 0.5) is 4.39 Å². The topological polar surface area (TPSA) is 115 Å². The molecule has 2 aliphatic rings. The monoisotopic (exact) mass is 460 g/mol. The largest absolute Gasteiger partial charge is 0.495 e. The maximum Gasteiger partial charge on any atom is 0.185 e. The van der Waals surface area contributed by atoms with Gasteiger partial charge >= 0.3 is 0 Å². The summed E-state index contributed by atoms with van der Waals surface area (Å²) in [5, 5.41) is 0. The van der Waals surface area contributed by atoms with E-state index in [9.17, 15) is 17.6 Å². The van der Waals surface area contributed by atoms with Crippen LogP contribution in [0.15, 0.2) is 41.5 Å². The number of halogens is 1. The van der Waals surface area contributed by atoms with E-state index in [-0.39, 0.29) is 48.1 Å². The van der Waals surface area contributed by atoms with Gasteiger partial charge in [0.2, 0.25) is 0 Å². The molecule has 0 amide bonds. The number of ketones is 1. The Balaban J connectivity index is 1.65. The molecule has 170 valence electrons. The van der Waals surface area contributed by atoms with Crippen molar-refractivity contribution >= 4 is 21.5 Å². The Bertz CT molecular complexity index is 1210. The third-order valence-corrected chi connectivity index (χ3v) is 8.78. The summed E-state index contributed by atoms with van der Waals surface area (Å²) in [4.78, 5) is 23.1. The molecule has 2 aromatic rings. The zero-order valence-electron chi connectivity index (χ0n) is 18.1. The van der Waals surface area contributed by atoms with Crippen molar-refractivity contribution < 1.29 is 22.3 Å². The molecule has 1 spiro atoms. The van der Waals surface area contributed by atoms with Gasteiger partial charge in [0.15, 0.2) is 20.4 Å². The van der Waals surface area contributed by atoms with Crippen LogP contribution in [0.25, 0.3) is 0 Å². The fraction of sp³-hybridized carbons (Fsp3) is 0.409. The van der Waals surface area contributed by atoms with Crippen molar-refractivity contribution in [2.75, 3.05) is 33.0 Å². The van der Waals surface area contributed by atoms with E-state index in [1.807, 2.05) is 4.90 Å². The lowest BCUT2D eigenvalue weighted by molar-refractivity contribution is 0.0988. The van der Waals surface area contributed by atoms with Gasteiger partial charge in [0.05, 0.1) is 19.1 Å². The van der Waals surface area contributed by atoms with Gasteiger partial charge in [-0.25, -0.2) is 17.8 Å². The van der Waals surface area contributed by atoms with E-state index in [0.717, 1.165) is 0 Å². The molecule has 1 aromatic carbocycles. The first-order chi connectivity index (χ1) is 15.0. The number of hydrogen-bond donors (Lipinski definition) is 1. The van der Waals surface area contributed by atoms with E-state index >= 15 is 0 Å². The van der Waals surface area contributed by atoms with Crippen molar-refractivity contribution in [3.63, 3.8) is 0 Å². The second-order valence-electron chi connectivity index (χ2n) is 8.69. The molecule has 32 heavy (non-hydrogen) atoms. The van der Waals surface area contributed by atoms with Crippen molar-refractivity contribution in [3.8, 4) is 5.75 Å². The summed E-state index contributed by atoms with van der Waals surface area (Å²) in [6.45, 7) is 2.10. The lowest BCUT2D eigenvalue weighted by Gasteiger charge is -2.51. The zero-order valence-corrected chi connectivity index (χ0v) is 18.9. The average molecular weight is 461 g/mol. The van der Waals surface area contributed by atoms with Crippen LogP contribution in [-0.4, -0.2) is 67.7 Å². The van der Waals surface area contributed by atoms with Gasteiger partial charge in [-0.2, -0.15) is 0 Å². The van der Waals surface area contributed by atoms with Crippen LogP contribution in [0.3, 0.4) is 0 Å². The normalized spacial score (nSPS) is 23.9. The van der Waals surface area contributed by atoms with E-state index in [1.54, 1.807) is 26.1 Å². The fourth-order valence-electron chi connectivity index (χ4n) is 4.43. The molecular weight excluding hydrogens is 435 g/mol. The Hall–Kier alpha value is -2.85. The number of ether oxygens (including phenoxy) is 1. The molecule has 10 heteroatoms. The van der Waals surface area contributed by atoms with E-state index in [0.29, 0.717) is 11.3 Å². The molecule has 8 nitrogen and oxygen atoms in total. The Kier molecular flexibility index (Phi) is 5.33. The number of rotatable bonds is 5. The number of sulfone groups is 1. The highest BCUT2D eigenvalue weighted by molar-refractivity contribution is 7.93. The number of methoxy groups -OCH3 is 1. The summed E-state index contributed by atoms with van der Waals surface area (Å²) >= 11 is 0. The Morgan fingerprint density at radius 1 is 1.28 bits per heavy atom. The van der Waals surface area contributed by atoms with Gasteiger partial charge in [-0.05, 0) is 43.8 Å². The van der Waals surface area contributed by atoms with E-state index in [4.69, 9.17) is 10.5 Å². The van der Waals surface area contributed by atoms with Gasteiger partial charge in [0.1, 0.15) is 28.6 Å². The number of nitrogens with two attached hydrogens (primary N) is 1. The quantitative estimate of drug-likeness (QED) is 0.670. The first-order valence-electron chi connectivity index (χ1n) is 10.1. The molecule has 0 unspecified atom stereocenters. The minimum atomic E-state index is -3.68. The molecule has 0 radical (unpaired) electrons. The SMILES string of the molecule is COc1ccc(C(=O)Cc2ccc(F)c([C@]3(C)CS(=O)(=O)C4(CN(C)C4)C(N)=N3)c2)nc1. The minimum absolute atomic E-state index is 0.00709. The highest BCUT2D eigenvalue weighted by atomic mass is 32.2. The van der Waals surface area contributed by atoms with Crippen LogP contribution in [-0.2, 0) is 21.8 Å². The minimum Gasteiger partial charge on any atom is -0.495 e. The number of Topliss-reactive ketones (excluding diaryl/α,β-unsaturated/α-hetero) is 1. The maximum absolute atomic E-state index is 14.8. The summed E-state index contributed by atoms with van der Waals surface area (Å²) < 4.78 is 45.0. The highest BCUT2D eigenvalue weighted by Crippen LogP contribution is 2.41. The van der Waals surface area contributed by atoms with Crippen molar-refractivity contribution in [3.05, 3.63) is 59.2 Å². The van der Waals surface area contributed by atoms with Gasteiger partial charge in [-0.3, -0.25) is 9.79 Å².